The molecule has 1 amide bonds. The summed E-state index contributed by atoms with van der Waals surface area (Å²) in [6, 6.07) is 9.87. The van der Waals surface area contributed by atoms with E-state index in [4.69, 9.17) is 9.57 Å². The third-order valence-corrected chi connectivity index (χ3v) is 4.42. The number of ketones is 1. The van der Waals surface area contributed by atoms with E-state index in [-0.39, 0.29) is 17.6 Å². The van der Waals surface area contributed by atoms with E-state index in [2.05, 4.69) is 0 Å². The van der Waals surface area contributed by atoms with Crippen LogP contribution in [0.15, 0.2) is 54.3 Å². The van der Waals surface area contributed by atoms with Crippen LogP contribution in [0.1, 0.15) is 12.0 Å². The van der Waals surface area contributed by atoms with Gasteiger partial charge in [0.1, 0.15) is 11.3 Å². The third kappa shape index (κ3) is 2.57. The molecule has 120 valence electrons. The van der Waals surface area contributed by atoms with Gasteiger partial charge >= 0.3 is 0 Å². The van der Waals surface area contributed by atoms with Crippen molar-refractivity contribution >= 4 is 11.7 Å². The van der Waals surface area contributed by atoms with Gasteiger partial charge in [0.15, 0.2) is 5.78 Å². The van der Waals surface area contributed by atoms with Crippen LogP contribution in [0.25, 0.3) is 0 Å². The summed E-state index contributed by atoms with van der Waals surface area (Å²) in [5.74, 6) is -0.0368. The number of ether oxygens (including phenoxy) is 1. The first kappa shape index (κ1) is 15.5. The molecular weight excluding hydrogens is 294 g/mol. The molecule has 1 aliphatic carbocycles. The number of carbonyl (C=O) groups excluding carboxylic acids is 2. The number of hydroxylamine groups is 2. The van der Waals surface area contributed by atoms with E-state index in [1.165, 1.54) is 31.4 Å². The molecular formula is C18H19NO4. The van der Waals surface area contributed by atoms with Crippen molar-refractivity contribution in [3.63, 3.8) is 0 Å². The Morgan fingerprint density at radius 2 is 1.96 bits per heavy atom. The number of hydrogen-bond donors (Lipinski definition) is 0. The highest BCUT2D eigenvalue weighted by Crippen LogP contribution is 2.43. The van der Waals surface area contributed by atoms with Crippen LogP contribution in [-0.2, 0) is 25.6 Å². The van der Waals surface area contributed by atoms with E-state index in [1.807, 2.05) is 30.3 Å². The van der Waals surface area contributed by atoms with Crippen LogP contribution >= 0.6 is 0 Å². The van der Waals surface area contributed by atoms with Crippen LogP contribution in [-0.4, -0.2) is 36.5 Å². The summed E-state index contributed by atoms with van der Waals surface area (Å²) < 4.78 is 5.39. The topological polar surface area (TPSA) is 55.8 Å². The number of allylic oxidation sites excluding steroid dienone is 2. The number of rotatable bonds is 4. The summed E-state index contributed by atoms with van der Waals surface area (Å²) in [5, 5.41) is 1.33. The fourth-order valence-corrected chi connectivity index (χ4v) is 3.40. The Balaban J connectivity index is 1.93. The standard InChI is InChI=1S/C18H19NO4/c1-22-16-11-15(20)8-9-18(16)12-14(17(21)19(18)23-2)10-13-6-4-3-5-7-13/h3-9,11,14H,10,12H2,1-2H3/t14-,18-/m0/s1. The van der Waals surface area contributed by atoms with Crippen molar-refractivity contribution < 1.29 is 19.2 Å². The van der Waals surface area contributed by atoms with E-state index >= 15 is 0 Å². The van der Waals surface area contributed by atoms with Crippen LogP contribution in [0, 0.1) is 5.92 Å². The van der Waals surface area contributed by atoms with Gasteiger partial charge in [-0.05, 0) is 30.6 Å². The van der Waals surface area contributed by atoms with Crippen molar-refractivity contribution in [2.75, 3.05) is 14.2 Å². The Kier molecular flexibility index (Phi) is 4.05. The van der Waals surface area contributed by atoms with Gasteiger partial charge in [-0.15, -0.1) is 0 Å². The SMILES string of the molecule is COC1=CC(=O)C=C[C@]12C[C@H](Cc1ccccc1)C(=O)N2OC. The van der Waals surface area contributed by atoms with Gasteiger partial charge in [-0.3, -0.25) is 14.4 Å². The summed E-state index contributed by atoms with van der Waals surface area (Å²) >= 11 is 0. The number of hydrogen-bond acceptors (Lipinski definition) is 4. The Bertz CT molecular complexity index is 680. The highest BCUT2D eigenvalue weighted by Gasteiger charge is 2.54. The number of carbonyl (C=O) groups is 2. The molecule has 1 aliphatic heterocycles. The molecule has 0 aromatic heterocycles. The zero-order valence-electron chi connectivity index (χ0n) is 13.2. The van der Waals surface area contributed by atoms with Crippen LogP contribution in [0.4, 0.5) is 0 Å². The first-order chi connectivity index (χ1) is 11.1. The van der Waals surface area contributed by atoms with Gasteiger partial charge in [-0.1, -0.05) is 30.3 Å². The van der Waals surface area contributed by atoms with Crippen LogP contribution in [0.5, 0.6) is 0 Å². The summed E-state index contributed by atoms with van der Waals surface area (Å²) in [5.41, 5.74) is 0.256. The van der Waals surface area contributed by atoms with Crippen molar-refractivity contribution in [2.24, 2.45) is 5.92 Å². The van der Waals surface area contributed by atoms with Crippen molar-refractivity contribution in [3.8, 4) is 0 Å². The van der Waals surface area contributed by atoms with E-state index in [9.17, 15) is 9.59 Å². The summed E-state index contributed by atoms with van der Waals surface area (Å²) in [7, 11) is 2.96. The quantitative estimate of drug-likeness (QED) is 0.853. The Morgan fingerprint density at radius 1 is 1.22 bits per heavy atom. The predicted octanol–water partition coefficient (Wildman–Crippen LogP) is 2.05. The Hall–Kier alpha value is -2.40. The van der Waals surface area contributed by atoms with Crippen molar-refractivity contribution in [3.05, 3.63) is 59.9 Å². The second-order valence-corrected chi connectivity index (χ2v) is 5.78. The number of methoxy groups -OCH3 is 1. The second-order valence-electron chi connectivity index (χ2n) is 5.78. The molecule has 5 heteroatoms. The summed E-state index contributed by atoms with van der Waals surface area (Å²) in [6.45, 7) is 0. The molecule has 2 atom stereocenters. The lowest BCUT2D eigenvalue weighted by Gasteiger charge is -2.35. The minimum atomic E-state index is -0.839. The third-order valence-electron chi connectivity index (χ3n) is 4.42. The average Bonchev–Trinajstić information content (AvgIpc) is 2.83. The molecule has 5 nitrogen and oxygen atoms in total. The molecule has 1 spiro atoms. The maximum atomic E-state index is 12.8. The first-order valence-corrected chi connectivity index (χ1v) is 7.52. The summed E-state index contributed by atoms with van der Waals surface area (Å²) in [6.07, 6.45) is 5.73. The number of amides is 1. The number of benzene rings is 1. The molecule has 3 rings (SSSR count). The molecule has 1 heterocycles. The van der Waals surface area contributed by atoms with Crippen molar-refractivity contribution in [1.29, 1.82) is 0 Å². The highest BCUT2D eigenvalue weighted by atomic mass is 16.7. The van der Waals surface area contributed by atoms with Gasteiger partial charge in [-0.2, -0.15) is 0 Å². The normalized spacial score (nSPS) is 26.8. The molecule has 0 N–H and O–H groups in total. The zero-order valence-corrected chi connectivity index (χ0v) is 13.2. The van der Waals surface area contributed by atoms with Crippen LogP contribution in [0.3, 0.4) is 0 Å². The molecule has 0 radical (unpaired) electrons. The van der Waals surface area contributed by atoms with E-state index in [0.29, 0.717) is 18.6 Å². The lowest BCUT2D eigenvalue weighted by Crippen LogP contribution is -2.47. The fourth-order valence-electron chi connectivity index (χ4n) is 3.40. The molecule has 1 fully saturated rings. The van der Waals surface area contributed by atoms with E-state index in [0.717, 1.165) is 5.56 Å². The summed E-state index contributed by atoms with van der Waals surface area (Å²) in [4.78, 5) is 29.7. The lowest BCUT2D eigenvalue weighted by atomic mass is 9.84. The minimum Gasteiger partial charge on any atom is -0.498 e. The Morgan fingerprint density at radius 3 is 2.61 bits per heavy atom. The molecule has 0 bridgehead atoms. The van der Waals surface area contributed by atoms with Crippen molar-refractivity contribution in [2.45, 2.75) is 18.4 Å². The highest BCUT2D eigenvalue weighted by molar-refractivity contribution is 6.02. The zero-order chi connectivity index (χ0) is 16.4. The van der Waals surface area contributed by atoms with Gasteiger partial charge in [0.05, 0.1) is 14.2 Å². The van der Waals surface area contributed by atoms with Crippen LogP contribution < -0.4 is 0 Å². The minimum absolute atomic E-state index is 0.0988. The molecule has 1 aromatic rings. The van der Waals surface area contributed by atoms with E-state index < -0.39 is 5.54 Å². The molecule has 2 aliphatic rings. The Labute approximate surface area is 135 Å². The monoisotopic (exact) mass is 313 g/mol. The van der Waals surface area contributed by atoms with Crippen LogP contribution in [0.2, 0.25) is 0 Å². The molecule has 1 aromatic carbocycles. The average molecular weight is 313 g/mol. The van der Waals surface area contributed by atoms with Gasteiger partial charge in [-0.25, -0.2) is 5.06 Å². The van der Waals surface area contributed by atoms with Crippen molar-refractivity contribution in [1.82, 2.24) is 5.06 Å². The second kappa shape index (κ2) is 6.01. The maximum Gasteiger partial charge on any atom is 0.250 e. The molecule has 0 unspecified atom stereocenters. The van der Waals surface area contributed by atoms with Gasteiger partial charge in [0, 0.05) is 12.0 Å². The molecule has 23 heavy (non-hydrogen) atoms. The smallest absolute Gasteiger partial charge is 0.250 e. The maximum absolute atomic E-state index is 12.8. The lowest BCUT2D eigenvalue weighted by molar-refractivity contribution is -0.188. The fraction of sp³-hybridized carbons (Fsp3) is 0.333. The largest absolute Gasteiger partial charge is 0.498 e. The van der Waals surface area contributed by atoms with E-state index in [1.54, 1.807) is 6.08 Å². The predicted molar refractivity (Wildman–Crippen MR) is 84.1 cm³/mol. The molecule has 0 saturated carbocycles. The van der Waals surface area contributed by atoms with Gasteiger partial charge < -0.3 is 4.74 Å². The first-order valence-electron chi connectivity index (χ1n) is 7.52. The molecule has 1 saturated heterocycles. The number of nitrogens with zero attached hydrogens (tertiary/aromatic N) is 1. The van der Waals surface area contributed by atoms with Gasteiger partial charge in [0.2, 0.25) is 0 Å². The van der Waals surface area contributed by atoms with Gasteiger partial charge in [0.25, 0.3) is 5.91 Å².